The lowest BCUT2D eigenvalue weighted by Gasteiger charge is -2.21. The summed E-state index contributed by atoms with van der Waals surface area (Å²) >= 11 is 0. The van der Waals surface area contributed by atoms with Crippen LogP contribution in [0.25, 0.3) is 0 Å². The van der Waals surface area contributed by atoms with Crippen molar-refractivity contribution in [2.45, 2.75) is 25.3 Å². The van der Waals surface area contributed by atoms with Gasteiger partial charge in [-0.25, -0.2) is 8.42 Å². The van der Waals surface area contributed by atoms with Crippen LogP contribution in [0.1, 0.15) is 18.1 Å². The Hall–Kier alpha value is -1.85. The largest absolute Gasteiger partial charge is 0.399 e. The van der Waals surface area contributed by atoms with E-state index in [9.17, 15) is 8.42 Å². The fourth-order valence-corrected chi connectivity index (χ4v) is 3.91. The standard InChI is InChI=1S/C16H20N2O2S/c1-3-18(12-14-8-6-9-15(17)11-14)21(19,20)16-10-5-4-7-13(16)2/h4-11H,3,12,17H2,1-2H3. The van der Waals surface area contributed by atoms with Gasteiger partial charge in [-0.05, 0) is 36.2 Å². The third-order valence-electron chi connectivity index (χ3n) is 3.37. The smallest absolute Gasteiger partial charge is 0.243 e. The molecule has 2 aromatic rings. The van der Waals surface area contributed by atoms with E-state index in [1.165, 1.54) is 4.31 Å². The molecule has 2 aromatic carbocycles. The molecule has 0 aliphatic heterocycles. The van der Waals surface area contributed by atoms with Gasteiger partial charge in [-0.15, -0.1) is 0 Å². The predicted molar refractivity (Wildman–Crippen MR) is 85.3 cm³/mol. The minimum atomic E-state index is -3.50. The second-order valence-corrected chi connectivity index (χ2v) is 6.85. The van der Waals surface area contributed by atoms with Crippen LogP contribution in [0.5, 0.6) is 0 Å². The van der Waals surface area contributed by atoms with Gasteiger partial charge in [0.1, 0.15) is 0 Å². The average molecular weight is 304 g/mol. The predicted octanol–water partition coefficient (Wildman–Crippen LogP) is 2.79. The third-order valence-corrected chi connectivity index (χ3v) is 5.46. The Morgan fingerprint density at radius 1 is 1.10 bits per heavy atom. The van der Waals surface area contributed by atoms with E-state index in [-0.39, 0.29) is 0 Å². The van der Waals surface area contributed by atoms with E-state index in [0.29, 0.717) is 23.7 Å². The fourth-order valence-electron chi connectivity index (χ4n) is 2.25. The van der Waals surface area contributed by atoms with E-state index in [2.05, 4.69) is 0 Å². The Morgan fingerprint density at radius 2 is 1.81 bits per heavy atom. The number of nitrogens with two attached hydrogens (primary N) is 1. The molecule has 5 heteroatoms. The highest BCUT2D eigenvalue weighted by atomic mass is 32.2. The second-order valence-electron chi connectivity index (χ2n) is 4.94. The monoisotopic (exact) mass is 304 g/mol. The molecule has 0 saturated carbocycles. The van der Waals surface area contributed by atoms with Crippen LogP contribution in [-0.4, -0.2) is 19.3 Å². The molecule has 0 heterocycles. The lowest BCUT2D eigenvalue weighted by molar-refractivity contribution is 0.423. The van der Waals surface area contributed by atoms with E-state index >= 15 is 0 Å². The van der Waals surface area contributed by atoms with E-state index in [1.807, 2.05) is 25.1 Å². The van der Waals surface area contributed by atoms with Gasteiger partial charge in [0.2, 0.25) is 10.0 Å². The third kappa shape index (κ3) is 3.43. The zero-order valence-electron chi connectivity index (χ0n) is 12.3. The molecule has 0 aliphatic rings. The van der Waals surface area contributed by atoms with Crippen molar-refractivity contribution in [2.75, 3.05) is 12.3 Å². The molecule has 2 rings (SSSR count). The highest BCUT2D eigenvalue weighted by Gasteiger charge is 2.24. The molecule has 0 atom stereocenters. The van der Waals surface area contributed by atoms with Gasteiger partial charge in [0, 0.05) is 18.8 Å². The summed E-state index contributed by atoms with van der Waals surface area (Å²) in [5.74, 6) is 0. The van der Waals surface area contributed by atoms with E-state index in [4.69, 9.17) is 5.73 Å². The van der Waals surface area contributed by atoms with Crippen molar-refractivity contribution in [3.05, 3.63) is 59.7 Å². The Balaban J connectivity index is 2.35. The number of hydrogen-bond donors (Lipinski definition) is 1. The van der Waals surface area contributed by atoms with Crippen molar-refractivity contribution in [1.82, 2.24) is 4.31 Å². The van der Waals surface area contributed by atoms with Crippen LogP contribution in [0, 0.1) is 6.92 Å². The molecule has 0 spiro atoms. The number of rotatable bonds is 5. The zero-order chi connectivity index (χ0) is 15.5. The average Bonchev–Trinajstić information content (AvgIpc) is 2.45. The first-order valence-electron chi connectivity index (χ1n) is 6.85. The molecular formula is C16H20N2O2S. The van der Waals surface area contributed by atoms with Crippen LogP contribution in [-0.2, 0) is 16.6 Å². The van der Waals surface area contributed by atoms with Gasteiger partial charge in [0.05, 0.1) is 4.90 Å². The number of hydrogen-bond acceptors (Lipinski definition) is 3. The number of nitrogen functional groups attached to an aromatic ring is 1. The lowest BCUT2D eigenvalue weighted by atomic mass is 10.2. The number of nitrogens with zero attached hydrogens (tertiary/aromatic N) is 1. The molecule has 0 radical (unpaired) electrons. The summed E-state index contributed by atoms with van der Waals surface area (Å²) in [6, 6.07) is 14.3. The molecule has 0 fully saturated rings. The Kier molecular flexibility index (Phi) is 4.65. The first-order chi connectivity index (χ1) is 9.95. The summed E-state index contributed by atoms with van der Waals surface area (Å²) in [4.78, 5) is 0.357. The zero-order valence-corrected chi connectivity index (χ0v) is 13.1. The van der Waals surface area contributed by atoms with E-state index in [0.717, 1.165) is 11.1 Å². The summed E-state index contributed by atoms with van der Waals surface area (Å²) in [5, 5.41) is 0. The van der Waals surface area contributed by atoms with Gasteiger partial charge < -0.3 is 5.73 Å². The molecule has 0 amide bonds. The normalized spacial score (nSPS) is 11.8. The maximum Gasteiger partial charge on any atom is 0.243 e. The van der Waals surface area contributed by atoms with Gasteiger partial charge in [0.25, 0.3) is 0 Å². The maximum absolute atomic E-state index is 12.8. The highest BCUT2D eigenvalue weighted by Crippen LogP contribution is 2.21. The molecule has 0 bridgehead atoms. The molecule has 0 unspecified atom stereocenters. The molecule has 4 nitrogen and oxygen atoms in total. The number of aryl methyl sites for hydroxylation is 1. The number of anilines is 1. The minimum Gasteiger partial charge on any atom is -0.399 e. The van der Waals surface area contributed by atoms with Crippen LogP contribution in [0.15, 0.2) is 53.4 Å². The Labute approximate surface area is 126 Å². The summed E-state index contributed by atoms with van der Waals surface area (Å²) in [5.41, 5.74) is 8.02. The molecule has 0 aromatic heterocycles. The van der Waals surface area contributed by atoms with Crippen molar-refractivity contribution in [3.8, 4) is 0 Å². The SMILES string of the molecule is CCN(Cc1cccc(N)c1)S(=O)(=O)c1ccccc1C. The quantitative estimate of drug-likeness (QED) is 0.864. The Morgan fingerprint density at radius 3 is 2.43 bits per heavy atom. The van der Waals surface area contributed by atoms with Crippen molar-refractivity contribution in [1.29, 1.82) is 0 Å². The maximum atomic E-state index is 12.8. The van der Waals surface area contributed by atoms with Crippen LogP contribution >= 0.6 is 0 Å². The van der Waals surface area contributed by atoms with Gasteiger partial charge in [-0.1, -0.05) is 37.3 Å². The van der Waals surface area contributed by atoms with Crippen molar-refractivity contribution in [3.63, 3.8) is 0 Å². The number of sulfonamides is 1. The Bertz CT molecular complexity index is 727. The van der Waals surface area contributed by atoms with Crippen LogP contribution in [0.3, 0.4) is 0 Å². The minimum absolute atomic E-state index is 0.318. The molecule has 21 heavy (non-hydrogen) atoms. The highest BCUT2D eigenvalue weighted by molar-refractivity contribution is 7.89. The first kappa shape index (κ1) is 15.5. The first-order valence-corrected chi connectivity index (χ1v) is 8.29. The van der Waals surface area contributed by atoms with Gasteiger partial charge >= 0.3 is 0 Å². The molecular weight excluding hydrogens is 284 g/mol. The van der Waals surface area contributed by atoms with E-state index in [1.54, 1.807) is 37.3 Å². The van der Waals surface area contributed by atoms with Gasteiger partial charge in [-0.3, -0.25) is 0 Å². The summed E-state index contributed by atoms with van der Waals surface area (Å²) < 4.78 is 27.0. The van der Waals surface area contributed by atoms with Crippen LogP contribution in [0.2, 0.25) is 0 Å². The van der Waals surface area contributed by atoms with Crippen LogP contribution < -0.4 is 5.73 Å². The topological polar surface area (TPSA) is 63.4 Å². The summed E-state index contributed by atoms with van der Waals surface area (Å²) in [7, 11) is -3.50. The van der Waals surface area contributed by atoms with Crippen LogP contribution in [0.4, 0.5) is 5.69 Å². The fraction of sp³-hybridized carbons (Fsp3) is 0.250. The van der Waals surface area contributed by atoms with Crippen molar-refractivity contribution >= 4 is 15.7 Å². The van der Waals surface area contributed by atoms with Gasteiger partial charge in [0.15, 0.2) is 0 Å². The van der Waals surface area contributed by atoms with Crippen molar-refractivity contribution in [2.24, 2.45) is 0 Å². The summed E-state index contributed by atoms with van der Waals surface area (Å²) in [6.07, 6.45) is 0. The van der Waals surface area contributed by atoms with Crippen molar-refractivity contribution < 1.29 is 8.42 Å². The number of benzene rings is 2. The van der Waals surface area contributed by atoms with E-state index < -0.39 is 10.0 Å². The van der Waals surface area contributed by atoms with Gasteiger partial charge in [-0.2, -0.15) is 4.31 Å². The second kappa shape index (κ2) is 6.28. The summed E-state index contributed by atoms with van der Waals surface area (Å²) in [6.45, 7) is 4.37. The molecule has 0 saturated heterocycles. The lowest BCUT2D eigenvalue weighted by Crippen LogP contribution is -2.31. The molecule has 112 valence electrons. The molecule has 0 aliphatic carbocycles. The molecule has 2 N–H and O–H groups in total.